The van der Waals surface area contributed by atoms with Gasteiger partial charge in [0, 0.05) is 5.92 Å². The molecule has 0 radical (unpaired) electrons. The predicted octanol–water partition coefficient (Wildman–Crippen LogP) is 2.19. The molecule has 0 saturated heterocycles. The summed E-state index contributed by atoms with van der Waals surface area (Å²) in [5, 5.41) is 10.0. The number of nitrogens with zero attached hydrogens (tertiary/aromatic N) is 2. The maximum atomic E-state index is 12.4. The monoisotopic (exact) mass is 398 g/mol. The van der Waals surface area contributed by atoms with Crippen LogP contribution in [0.2, 0.25) is 0 Å². The number of ether oxygens (including phenoxy) is 1. The third-order valence-electron chi connectivity index (χ3n) is 3.27. The highest BCUT2D eigenvalue weighted by Gasteiger charge is 2.23. The van der Waals surface area contributed by atoms with Crippen LogP contribution in [0.1, 0.15) is 26.3 Å². The first-order valence-electron chi connectivity index (χ1n) is 8.03. The first-order chi connectivity index (χ1) is 12.2. The van der Waals surface area contributed by atoms with E-state index in [1.54, 1.807) is 20.8 Å². The van der Waals surface area contributed by atoms with Gasteiger partial charge in [-0.1, -0.05) is 42.9 Å². The normalized spacial score (nSPS) is 12.8. The van der Waals surface area contributed by atoms with Gasteiger partial charge in [-0.2, -0.15) is 0 Å². The maximum Gasteiger partial charge on any atom is 0.270 e. The van der Waals surface area contributed by atoms with Gasteiger partial charge in [0.15, 0.2) is 0 Å². The van der Waals surface area contributed by atoms with Crippen molar-refractivity contribution < 1.29 is 17.9 Å². The van der Waals surface area contributed by atoms with Crippen LogP contribution in [0.4, 0.5) is 5.13 Å². The first kappa shape index (κ1) is 20.3. The topological polar surface area (TPSA) is 110 Å². The molecule has 2 N–H and O–H groups in total. The number of aromatic nitrogens is 2. The van der Waals surface area contributed by atoms with Crippen molar-refractivity contribution in [3.05, 3.63) is 29.8 Å². The van der Waals surface area contributed by atoms with E-state index in [9.17, 15) is 13.2 Å². The van der Waals surface area contributed by atoms with Crippen molar-refractivity contribution in [3.8, 4) is 5.75 Å². The van der Waals surface area contributed by atoms with Crippen LogP contribution >= 0.6 is 11.3 Å². The molecule has 0 saturated carbocycles. The molecule has 0 bridgehead atoms. The summed E-state index contributed by atoms with van der Waals surface area (Å²) in [6.45, 7) is 7.28. The molecule has 26 heavy (non-hydrogen) atoms. The maximum absolute atomic E-state index is 12.4. The lowest BCUT2D eigenvalue weighted by Gasteiger charge is -2.14. The highest BCUT2D eigenvalue weighted by atomic mass is 32.2. The van der Waals surface area contributed by atoms with Crippen LogP contribution in [0.3, 0.4) is 0 Å². The average molecular weight is 399 g/mol. The van der Waals surface area contributed by atoms with Crippen LogP contribution < -0.4 is 14.8 Å². The molecule has 1 amide bonds. The van der Waals surface area contributed by atoms with E-state index in [1.165, 1.54) is 0 Å². The Morgan fingerprint density at radius 2 is 1.85 bits per heavy atom. The Bertz CT molecular complexity index is 847. The second-order valence-corrected chi connectivity index (χ2v) is 9.03. The summed E-state index contributed by atoms with van der Waals surface area (Å²) < 4.78 is 32.6. The second-order valence-electron chi connectivity index (χ2n) is 6.16. The Labute approximate surface area is 157 Å². The number of carbonyl (C=O) groups excluding carboxylic acids is 1. The van der Waals surface area contributed by atoms with E-state index in [2.05, 4.69) is 20.2 Å². The highest BCUT2D eigenvalue weighted by Crippen LogP contribution is 2.20. The number of amides is 1. The minimum absolute atomic E-state index is 0.146. The molecule has 0 aliphatic rings. The van der Waals surface area contributed by atoms with Gasteiger partial charge >= 0.3 is 0 Å². The number of hydrogen-bond acceptors (Lipinski definition) is 7. The Hall–Kier alpha value is -2.04. The fourth-order valence-corrected chi connectivity index (χ4v) is 3.97. The Morgan fingerprint density at radius 3 is 2.46 bits per heavy atom. The van der Waals surface area contributed by atoms with E-state index in [-0.39, 0.29) is 27.9 Å². The summed E-state index contributed by atoms with van der Waals surface area (Å²) in [7, 11) is -3.84. The molecule has 1 aromatic heterocycles. The quantitative estimate of drug-likeness (QED) is 0.660. The van der Waals surface area contributed by atoms with Crippen LogP contribution in [0.15, 0.2) is 28.6 Å². The number of benzene rings is 1. The van der Waals surface area contributed by atoms with Gasteiger partial charge in [0.2, 0.25) is 15.4 Å². The number of rotatable bonds is 8. The molecule has 0 aliphatic carbocycles. The number of nitrogens with one attached hydrogen (secondary N) is 2. The fraction of sp³-hybridized carbons (Fsp3) is 0.438. The number of carbonyl (C=O) groups is 1. The summed E-state index contributed by atoms with van der Waals surface area (Å²) in [6, 6.07) is 7.01. The summed E-state index contributed by atoms with van der Waals surface area (Å²) >= 11 is 0.798. The molecule has 2 rings (SSSR count). The number of anilines is 1. The molecule has 0 aliphatic heterocycles. The molecule has 10 heteroatoms. The molecule has 0 spiro atoms. The van der Waals surface area contributed by atoms with Gasteiger partial charge in [0.25, 0.3) is 10.0 Å². The van der Waals surface area contributed by atoms with Crippen LogP contribution in [0.25, 0.3) is 0 Å². The van der Waals surface area contributed by atoms with Gasteiger partial charge in [-0.3, -0.25) is 4.79 Å². The minimum Gasteiger partial charge on any atom is -0.492 e. The van der Waals surface area contributed by atoms with Crippen molar-refractivity contribution in [2.24, 2.45) is 5.92 Å². The summed E-state index contributed by atoms with van der Waals surface area (Å²) in [5.74, 6) is 0.171. The molecule has 0 unspecified atom stereocenters. The molecule has 142 valence electrons. The third-order valence-corrected chi connectivity index (χ3v) is 6.06. The van der Waals surface area contributed by atoms with E-state index < -0.39 is 16.1 Å². The van der Waals surface area contributed by atoms with Crippen molar-refractivity contribution >= 4 is 32.4 Å². The predicted molar refractivity (Wildman–Crippen MR) is 99.8 cm³/mol. The van der Waals surface area contributed by atoms with Crippen molar-refractivity contribution in [2.75, 3.05) is 11.9 Å². The molecular weight excluding hydrogens is 376 g/mol. The molecule has 1 heterocycles. The first-order valence-corrected chi connectivity index (χ1v) is 10.3. The standard InChI is InChI=1S/C16H22N4O4S2/c1-10(2)14(21)17-15-18-19-16(25-15)26(22,23)20-12(4)9-24-13-7-5-11(3)6-8-13/h5-8,10,12,20H,9H2,1-4H3,(H,17,18,21)/t12-/m1/s1. The zero-order valence-electron chi connectivity index (χ0n) is 15.0. The molecular formula is C16H22N4O4S2. The highest BCUT2D eigenvalue weighted by molar-refractivity contribution is 7.91. The van der Waals surface area contributed by atoms with Crippen molar-refractivity contribution in [1.29, 1.82) is 0 Å². The molecule has 0 fully saturated rings. The fourth-order valence-electron chi connectivity index (χ4n) is 1.82. The van der Waals surface area contributed by atoms with Gasteiger partial charge in [-0.15, -0.1) is 10.2 Å². The van der Waals surface area contributed by atoms with Gasteiger partial charge in [-0.05, 0) is 26.0 Å². The average Bonchev–Trinajstić information content (AvgIpc) is 3.03. The molecule has 8 nitrogen and oxygen atoms in total. The van der Waals surface area contributed by atoms with Crippen molar-refractivity contribution in [2.45, 2.75) is 38.1 Å². The van der Waals surface area contributed by atoms with Gasteiger partial charge < -0.3 is 10.1 Å². The Kier molecular flexibility index (Phi) is 6.68. The van der Waals surface area contributed by atoms with Crippen LogP contribution in [-0.2, 0) is 14.8 Å². The number of hydrogen-bond donors (Lipinski definition) is 2. The van der Waals surface area contributed by atoms with E-state index >= 15 is 0 Å². The second kappa shape index (κ2) is 8.56. The minimum atomic E-state index is -3.84. The van der Waals surface area contributed by atoms with E-state index in [0.29, 0.717) is 5.75 Å². The van der Waals surface area contributed by atoms with Crippen LogP contribution in [-0.4, -0.2) is 37.2 Å². The molecule has 1 aromatic carbocycles. The van der Waals surface area contributed by atoms with Crippen molar-refractivity contribution in [3.63, 3.8) is 0 Å². The van der Waals surface area contributed by atoms with E-state index in [0.717, 1.165) is 16.9 Å². The van der Waals surface area contributed by atoms with Crippen LogP contribution in [0, 0.1) is 12.8 Å². The van der Waals surface area contributed by atoms with Crippen molar-refractivity contribution in [1.82, 2.24) is 14.9 Å². The Morgan fingerprint density at radius 1 is 1.19 bits per heavy atom. The third kappa shape index (κ3) is 5.75. The largest absolute Gasteiger partial charge is 0.492 e. The summed E-state index contributed by atoms with van der Waals surface area (Å²) in [5.41, 5.74) is 1.11. The van der Waals surface area contributed by atoms with E-state index in [4.69, 9.17) is 4.74 Å². The number of sulfonamides is 1. The molecule has 1 atom stereocenters. The van der Waals surface area contributed by atoms with Gasteiger partial charge in [-0.25, -0.2) is 13.1 Å². The lowest BCUT2D eigenvalue weighted by atomic mass is 10.2. The lowest BCUT2D eigenvalue weighted by Crippen LogP contribution is -2.36. The zero-order chi connectivity index (χ0) is 19.3. The summed E-state index contributed by atoms with van der Waals surface area (Å²) in [4.78, 5) is 11.6. The van der Waals surface area contributed by atoms with Gasteiger partial charge in [0.1, 0.15) is 12.4 Å². The number of aryl methyl sites for hydroxylation is 1. The van der Waals surface area contributed by atoms with E-state index in [1.807, 2.05) is 31.2 Å². The van der Waals surface area contributed by atoms with Crippen LogP contribution in [0.5, 0.6) is 5.75 Å². The zero-order valence-corrected chi connectivity index (χ0v) is 16.6. The lowest BCUT2D eigenvalue weighted by molar-refractivity contribution is -0.118. The molecule has 2 aromatic rings. The SMILES string of the molecule is Cc1ccc(OC[C@@H](C)NS(=O)(=O)c2nnc(NC(=O)C(C)C)s2)cc1. The summed E-state index contributed by atoms with van der Waals surface area (Å²) in [6.07, 6.45) is 0. The van der Waals surface area contributed by atoms with Gasteiger partial charge in [0.05, 0.1) is 6.04 Å². The smallest absolute Gasteiger partial charge is 0.270 e. The Balaban J connectivity index is 1.93.